The number of nitrogens with one attached hydrogen (secondary N) is 1. The molecule has 3 N–H and O–H groups in total. The predicted octanol–water partition coefficient (Wildman–Crippen LogP) is 4.35. The Balaban J connectivity index is 1.35. The van der Waals surface area contributed by atoms with E-state index in [0.717, 1.165) is 43.9 Å². The number of thioether (sulfide) groups is 1. The molecular weight excluding hydrogens is 410 g/mol. The fourth-order valence-corrected chi connectivity index (χ4v) is 10.2. The maximum Gasteiger partial charge on any atom is 0.286 e. The summed E-state index contributed by atoms with van der Waals surface area (Å²) in [7, 11) is 0. The van der Waals surface area contributed by atoms with Crippen LogP contribution in [0.25, 0.3) is 0 Å². The molecule has 0 radical (unpaired) electrons. The van der Waals surface area contributed by atoms with E-state index < -0.39 is 0 Å². The average molecular weight is 450 g/mol. The number of carbonyl (C=O) groups is 2. The Morgan fingerprint density at radius 3 is 2.45 bits per heavy atom. The Bertz CT molecular complexity index is 760. The number of imide groups is 1. The fourth-order valence-electron chi connectivity index (χ4n) is 9.23. The third-order valence-corrected chi connectivity index (χ3v) is 11.8. The second kappa shape index (κ2) is 7.73. The van der Waals surface area contributed by atoms with Crippen molar-refractivity contribution >= 4 is 22.9 Å². The number of aliphatic hydroxyl groups is 2. The largest absolute Gasteiger partial charge is 0.393 e. The summed E-state index contributed by atoms with van der Waals surface area (Å²) < 4.78 is 0. The molecule has 5 fully saturated rings. The van der Waals surface area contributed by atoms with E-state index in [0.29, 0.717) is 35.5 Å². The molecular formula is C25H39NO4S. The van der Waals surface area contributed by atoms with Crippen molar-refractivity contribution in [1.82, 2.24) is 5.32 Å². The molecule has 0 aromatic rings. The van der Waals surface area contributed by atoms with Crippen LogP contribution in [0.2, 0.25) is 0 Å². The monoisotopic (exact) mass is 449 g/mol. The van der Waals surface area contributed by atoms with Gasteiger partial charge in [-0.1, -0.05) is 32.5 Å². The molecule has 2 amide bonds. The van der Waals surface area contributed by atoms with Crippen LogP contribution in [0, 0.1) is 46.3 Å². The predicted molar refractivity (Wildman–Crippen MR) is 121 cm³/mol. The first kappa shape index (κ1) is 22.2. The van der Waals surface area contributed by atoms with E-state index in [9.17, 15) is 19.8 Å². The van der Waals surface area contributed by atoms with E-state index >= 15 is 0 Å². The molecule has 5 nitrogen and oxygen atoms in total. The van der Waals surface area contributed by atoms with Crippen molar-refractivity contribution in [3.63, 3.8) is 0 Å². The van der Waals surface area contributed by atoms with Gasteiger partial charge < -0.3 is 10.2 Å². The smallest absolute Gasteiger partial charge is 0.286 e. The molecule has 11 atom stereocenters. The van der Waals surface area contributed by atoms with Crippen LogP contribution in [0.3, 0.4) is 0 Å². The zero-order valence-electron chi connectivity index (χ0n) is 19.2. The number of fused-ring (bicyclic) bond motifs is 5. The number of rotatable bonds is 3. The van der Waals surface area contributed by atoms with Crippen molar-refractivity contribution < 1.29 is 19.8 Å². The van der Waals surface area contributed by atoms with Crippen LogP contribution in [-0.2, 0) is 4.79 Å². The topological polar surface area (TPSA) is 86.6 Å². The second-order valence-corrected chi connectivity index (χ2v) is 13.2. The van der Waals surface area contributed by atoms with Crippen molar-refractivity contribution in [1.29, 1.82) is 0 Å². The van der Waals surface area contributed by atoms with E-state index in [1.807, 2.05) is 0 Å². The van der Waals surface area contributed by atoms with Crippen LogP contribution in [0.15, 0.2) is 0 Å². The number of amides is 2. The first-order valence-electron chi connectivity index (χ1n) is 12.5. The van der Waals surface area contributed by atoms with Gasteiger partial charge in [0.05, 0.1) is 17.5 Å². The Kier molecular flexibility index (Phi) is 5.54. The lowest BCUT2D eigenvalue weighted by Gasteiger charge is -2.62. The summed E-state index contributed by atoms with van der Waals surface area (Å²) in [5.41, 5.74) is 0.468. The summed E-state index contributed by atoms with van der Waals surface area (Å²) in [4.78, 5) is 23.7. The van der Waals surface area contributed by atoms with Crippen LogP contribution >= 0.6 is 11.8 Å². The average Bonchev–Trinajstić information content (AvgIpc) is 3.21. The fraction of sp³-hybridized carbons (Fsp3) is 0.920. The normalized spacial score (nSPS) is 52.8. The molecule has 5 rings (SSSR count). The van der Waals surface area contributed by atoms with Gasteiger partial charge in [-0.3, -0.25) is 14.9 Å². The standard InChI is InChI=1S/C25H39NO4S/c1-13(10-20-22(29)26-23(30)31-20)16-4-5-17-21-18(7-9-25(16,17)3)24(2)8-6-15(27)11-14(24)12-19(21)28/h13-21,27-28H,4-12H2,1-3H3,(H,26,29,30)/t13?,14-,15+,16?,17?,18?,19+,20?,21?,24-,25+/m0/s1. The minimum absolute atomic E-state index is 0.119. The highest BCUT2D eigenvalue weighted by molar-refractivity contribution is 8.15. The highest BCUT2D eigenvalue weighted by atomic mass is 32.2. The lowest BCUT2D eigenvalue weighted by atomic mass is 9.43. The van der Waals surface area contributed by atoms with Crippen LogP contribution in [0.4, 0.5) is 4.79 Å². The minimum atomic E-state index is -0.249. The lowest BCUT2D eigenvalue weighted by Crippen LogP contribution is -2.58. The number of aliphatic hydroxyl groups excluding tert-OH is 2. The van der Waals surface area contributed by atoms with Crippen molar-refractivity contribution in [2.45, 2.75) is 96.0 Å². The van der Waals surface area contributed by atoms with E-state index in [1.54, 1.807) is 0 Å². The molecule has 0 spiro atoms. The Morgan fingerprint density at radius 1 is 1.03 bits per heavy atom. The quantitative estimate of drug-likeness (QED) is 0.596. The zero-order chi connectivity index (χ0) is 22.1. The summed E-state index contributed by atoms with van der Waals surface area (Å²) in [6.45, 7) is 7.19. The number of hydrogen-bond donors (Lipinski definition) is 3. The first-order valence-corrected chi connectivity index (χ1v) is 13.4. The summed E-state index contributed by atoms with van der Waals surface area (Å²) in [6, 6.07) is 0. The molecule has 0 aromatic carbocycles. The number of hydrogen-bond acceptors (Lipinski definition) is 5. The van der Waals surface area contributed by atoms with Crippen molar-refractivity contribution in [2.75, 3.05) is 0 Å². The van der Waals surface area contributed by atoms with Crippen LogP contribution < -0.4 is 5.32 Å². The van der Waals surface area contributed by atoms with E-state index in [4.69, 9.17) is 0 Å². The second-order valence-electron chi connectivity index (χ2n) is 12.0. The van der Waals surface area contributed by atoms with Crippen LogP contribution in [-0.4, -0.2) is 38.8 Å². The minimum Gasteiger partial charge on any atom is -0.393 e. The molecule has 0 aromatic heterocycles. The molecule has 1 saturated heterocycles. The van der Waals surface area contributed by atoms with Gasteiger partial charge in [-0.05, 0) is 104 Å². The maximum absolute atomic E-state index is 12.1. The highest BCUT2D eigenvalue weighted by Crippen LogP contribution is 2.68. The van der Waals surface area contributed by atoms with Gasteiger partial charge in [0.2, 0.25) is 5.91 Å². The zero-order valence-corrected chi connectivity index (χ0v) is 20.0. The van der Waals surface area contributed by atoms with Gasteiger partial charge in [-0.25, -0.2) is 0 Å². The molecule has 4 aliphatic carbocycles. The molecule has 1 aliphatic heterocycles. The molecule has 31 heavy (non-hydrogen) atoms. The van der Waals surface area contributed by atoms with Gasteiger partial charge in [-0.2, -0.15) is 0 Å². The molecule has 5 aliphatic rings. The van der Waals surface area contributed by atoms with Gasteiger partial charge in [0.1, 0.15) is 0 Å². The lowest BCUT2D eigenvalue weighted by molar-refractivity contribution is -0.174. The molecule has 4 saturated carbocycles. The SMILES string of the molecule is CC(CC1SC(=O)NC1=O)C1CCC2C3C(CC[C@]12C)[C@@]1(C)CC[C@@H](O)C[C@H]1C[C@H]3O. The van der Waals surface area contributed by atoms with Gasteiger partial charge in [-0.15, -0.1) is 0 Å². The van der Waals surface area contributed by atoms with Crippen molar-refractivity contribution in [2.24, 2.45) is 46.3 Å². The molecule has 6 unspecified atom stereocenters. The molecule has 6 heteroatoms. The first-order chi connectivity index (χ1) is 14.6. The van der Waals surface area contributed by atoms with Gasteiger partial charge in [0.25, 0.3) is 5.24 Å². The maximum atomic E-state index is 12.1. The molecule has 0 bridgehead atoms. The molecule has 174 valence electrons. The van der Waals surface area contributed by atoms with E-state index in [-0.39, 0.29) is 39.4 Å². The number of carbonyl (C=O) groups excluding carboxylic acids is 2. The van der Waals surface area contributed by atoms with Crippen LogP contribution in [0.1, 0.15) is 78.6 Å². The Hall–Kier alpha value is -0.590. The summed E-state index contributed by atoms with van der Waals surface area (Å²) >= 11 is 1.16. The Labute approximate surface area is 190 Å². The van der Waals surface area contributed by atoms with Gasteiger partial charge in [0.15, 0.2) is 0 Å². The molecule has 1 heterocycles. The van der Waals surface area contributed by atoms with E-state index in [1.165, 1.54) is 25.7 Å². The summed E-state index contributed by atoms with van der Waals surface area (Å²) in [5.74, 6) is 2.76. The summed E-state index contributed by atoms with van der Waals surface area (Å²) in [5, 5.41) is 23.6. The third kappa shape index (κ3) is 3.42. The van der Waals surface area contributed by atoms with Gasteiger partial charge >= 0.3 is 0 Å². The van der Waals surface area contributed by atoms with Crippen molar-refractivity contribution in [3.8, 4) is 0 Å². The third-order valence-electron chi connectivity index (χ3n) is 10.8. The van der Waals surface area contributed by atoms with Crippen LogP contribution in [0.5, 0.6) is 0 Å². The highest BCUT2D eigenvalue weighted by Gasteiger charge is 2.63. The van der Waals surface area contributed by atoms with E-state index in [2.05, 4.69) is 26.1 Å². The Morgan fingerprint density at radius 2 is 1.74 bits per heavy atom. The van der Waals surface area contributed by atoms with Gasteiger partial charge in [0, 0.05) is 0 Å². The van der Waals surface area contributed by atoms with Crippen molar-refractivity contribution in [3.05, 3.63) is 0 Å². The summed E-state index contributed by atoms with van der Waals surface area (Å²) in [6.07, 6.45) is 8.77.